The number of pyridine rings is 1. The van der Waals surface area contributed by atoms with Crippen LogP contribution in [0.25, 0.3) is 0 Å². The van der Waals surface area contributed by atoms with Gasteiger partial charge in [-0.1, -0.05) is 32.8 Å². The Balaban J connectivity index is 1.53. The zero-order chi connectivity index (χ0) is 33.7. The number of carboxylic acids is 1. The second kappa shape index (κ2) is 15.0. The van der Waals surface area contributed by atoms with Crippen molar-refractivity contribution in [1.29, 1.82) is 0 Å². The van der Waals surface area contributed by atoms with Crippen molar-refractivity contribution in [3.8, 4) is 17.2 Å². The number of fused-ring (bicyclic) bond motifs is 1. The predicted octanol–water partition coefficient (Wildman–Crippen LogP) is 5.59. The third-order valence-corrected chi connectivity index (χ3v) is 9.34. The molecule has 0 saturated carbocycles. The summed E-state index contributed by atoms with van der Waals surface area (Å²) in [5.74, 6) is -1.53. The Morgan fingerprint density at radius 2 is 1.87 bits per heavy atom. The molecule has 0 spiro atoms. The maximum atomic E-state index is 14.5. The number of anilines is 1. The van der Waals surface area contributed by atoms with Crippen LogP contribution in [0.5, 0.6) is 17.2 Å². The van der Waals surface area contributed by atoms with Gasteiger partial charge in [0.1, 0.15) is 5.82 Å². The van der Waals surface area contributed by atoms with Gasteiger partial charge in [0.05, 0.1) is 19.6 Å². The first kappa shape index (κ1) is 34.0. The molecule has 3 heterocycles. The van der Waals surface area contributed by atoms with Gasteiger partial charge in [-0.3, -0.25) is 19.3 Å². The average Bonchev–Trinajstić information content (AvgIpc) is 3.67. The van der Waals surface area contributed by atoms with E-state index in [1.807, 2.05) is 4.90 Å². The Morgan fingerprint density at radius 3 is 2.53 bits per heavy atom. The van der Waals surface area contributed by atoms with Crippen LogP contribution in [-0.4, -0.2) is 65.5 Å². The van der Waals surface area contributed by atoms with E-state index < -0.39 is 23.8 Å². The summed E-state index contributed by atoms with van der Waals surface area (Å²) in [6.45, 7) is 6.38. The van der Waals surface area contributed by atoms with E-state index in [0.717, 1.165) is 25.7 Å². The van der Waals surface area contributed by atoms with Crippen molar-refractivity contribution in [3.05, 3.63) is 82.0 Å². The highest BCUT2D eigenvalue weighted by molar-refractivity contribution is 5.95. The summed E-state index contributed by atoms with van der Waals surface area (Å²) >= 11 is 0. The van der Waals surface area contributed by atoms with E-state index >= 15 is 0 Å². The third kappa shape index (κ3) is 7.30. The standard InChI is InChI=1S/C36H44FN3O7/c1-5-9-25(10-6-2)40(26-12-13-28(37)23(3)17-26)33(42)21-39-20-27(24-18-30(45-4)35-31(19-24)46-22-47-35)34(36(43)44)29(39)14-16-38-15-8-7-11-32(38)41/h7-8,11-13,15,17-19,25,27,29,34H,5-6,9-10,14,16,20-22H2,1-4H3,(H,43,44)/t27-,29+,34-/m1/s1. The van der Waals surface area contributed by atoms with Crippen molar-refractivity contribution in [1.82, 2.24) is 9.47 Å². The molecule has 2 aromatic carbocycles. The zero-order valence-electron chi connectivity index (χ0n) is 27.5. The number of amides is 1. The molecule has 1 saturated heterocycles. The first-order valence-electron chi connectivity index (χ1n) is 16.3. The Labute approximate surface area is 274 Å². The lowest BCUT2D eigenvalue weighted by molar-refractivity contribution is -0.143. The zero-order valence-corrected chi connectivity index (χ0v) is 27.5. The van der Waals surface area contributed by atoms with Gasteiger partial charge < -0.3 is 28.8 Å². The molecule has 252 valence electrons. The van der Waals surface area contributed by atoms with Gasteiger partial charge in [0.2, 0.25) is 24.0 Å². The molecule has 3 atom stereocenters. The number of rotatable bonds is 14. The minimum absolute atomic E-state index is 0.0344. The summed E-state index contributed by atoms with van der Waals surface area (Å²) in [6.07, 6.45) is 5.28. The molecular weight excluding hydrogens is 605 g/mol. The van der Waals surface area contributed by atoms with Gasteiger partial charge in [-0.25, -0.2) is 4.39 Å². The Kier molecular flexibility index (Phi) is 10.9. The summed E-state index contributed by atoms with van der Waals surface area (Å²) in [6, 6.07) is 12.5. The van der Waals surface area contributed by atoms with Gasteiger partial charge in [-0.2, -0.15) is 0 Å². The highest BCUT2D eigenvalue weighted by Crippen LogP contribution is 2.47. The minimum Gasteiger partial charge on any atom is -0.493 e. The SMILES string of the molecule is CCCC(CCC)N(C(=O)CN1C[C@H](c2cc(OC)c3c(c2)OCO3)[C@@H](C(=O)O)[C@@H]1CCn1ccccc1=O)c1ccc(F)c(C)c1. The number of aryl methyl sites for hydroxylation is 2. The number of methoxy groups -OCH3 is 1. The Morgan fingerprint density at radius 1 is 1.11 bits per heavy atom. The molecule has 11 heteroatoms. The first-order chi connectivity index (χ1) is 22.7. The molecule has 10 nitrogen and oxygen atoms in total. The highest BCUT2D eigenvalue weighted by atomic mass is 19.1. The summed E-state index contributed by atoms with van der Waals surface area (Å²) in [7, 11) is 1.52. The molecule has 5 rings (SSSR count). The van der Waals surface area contributed by atoms with Gasteiger partial charge in [0.25, 0.3) is 0 Å². The molecule has 3 aromatic rings. The van der Waals surface area contributed by atoms with Crippen LogP contribution in [0.3, 0.4) is 0 Å². The summed E-state index contributed by atoms with van der Waals surface area (Å²) in [5.41, 5.74) is 1.59. The van der Waals surface area contributed by atoms with E-state index in [1.165, 1.54) is 19.2 Å². The van der Waals surface area contributed by atoms with Gasteiger partial charge in [0, 0.05) is 49.0 Å². The summed E-state index contributed by atoms with van der Waals surface area (Å²) < 4.78 is 32.7. The number of ether oxygens (including phenoxy) is 3. The third-order valence-electron chi connectivity index (χ3n) is 9.34. The van der Waals surface area contributed by atoms with Crippen LogP contribution < -0.4 is 24.7 Å². The smallest absolute Gasteiger partial charge is 0.308 e. The first-order valence-corrected chi connectivity index (χ1v) is 16.3. The average molecular weight is 650 g/mol. The fourth-order valence-electron chi connectivity index (χ4n) is 7.13. The lowest BCUT2D eigenvalue weighted by Crippen LogP contribution is -2.48. The van der Waals surface area contributed by atoms with Gasteiger partial charge in [-0.05, 0) is 73.7 Å². The van der Waals surface area contributed by atoms with E-state index in [0.29, 0.717) is 40.5 Å². The van der Waals surface area contributed by atoms with Crippen molar-refractivity contribution in [2.24, 2.45) is 5.92 Å². The number of carbonyl (C=O) groups is 2. The normalized spacial score (nSPS) is 18.9. The fraction of sp³-hybridized carbons (Fsp3) is 0.472. The molecule has 1 N–H and O–H groups in total. The Bertz CT molecular complexity index is 1640. The van der Waals surface area contributed by atoms with E-state index in [4.69, 9.17) is 14.2 Å². The maximum Gasteiger partial charge on any atom is 0.308 e. The van der Waals surface area contributed by atoms with Crippen LogP contribution >= 0.6 is 0 Å². The second-order valence-corrected chi connectivity index (χ2v) is 12.4. The van der Waals surface area contributed by atoms with Gasteiger partial charge in [0.15, 0.2) is 11.5 Å². The quantitative estimate of drug-likeness (QED) is 0.241. The molecule has 47 heavy (non-hydrogen) atoms. The highest BCUT2D eigenvalue weighted by Gasteiger charge is 2.48. The monoisotopic (exact) mass is 649 g/mol. The van der Waals surface area contributed by atoms with Crippen molar-refractivity contribution >= 4 is 17.6 Å². The molecule has 1 aromatic heterocycles. The predicted molar refractivity (Wildman–Crippen MR) is 176 cm³/mol. The molecular formula is C36H44FN3O7. The van der Waals surface area contributed by atoms with E-state index in [2.05, 4.69) is 13.8 Å². The number of benzene rings is 2. The lowest BCUT2D eigenvalue weighted by Gasteiger charge is -2.35. The Hall–Kier alpha value is -4.38. The van der Waals surface area contributed by atoms with Crippen LogP contribution in [0.2, 0.25) is 0 Å². The van der Waals surface area contributed by atoms with Crippen LogP contribution in [-0.2, 0) is 16.1 Å². The molecule has 0 radical (unpaired) electrons. The number of hydrogen-bond donors (Lipinski definition) is 1. The van der Waals surface area contributed by atoms with Crippen LogP contribution in [0.4, 0.5) is 10.1 Å². The van der Waals surface area contributed by atoms with Gasteiger partial charge >= 0.3 is 5.97 Å². The van der Waals surface area contributed by atoms with Crippen molar-refractivity contribution in [2.75, 3.05) is 31.9 Å². The van der Waals surface area contributed by atoms with Crippen LogP contribution in [0, 0.1) is 18.7 Å². The van der Waals surface area contributed by atoms with Crippen molar-refractivity contribution < 1.29 is 33.3 Å². The van der Waals surface area contributed by atoms with E-state index in [-0.39, 0.29) is 49.8 Å². The van der Waals surface area contributed by atoms with Crippen LogP contribution in [0.15, 0.2) is 59.5 Å². The summed E-state index contributed by atoms with van der Waals surface area (Å²) in [4.78, 5) is 43.8. The molecule has 2 aliphatic heterocycles. The molecule has 2 aliphatic rings. The lowest BCUT2D eigenvalue weighted by atomic mass is 9.84. The molecule has 0 bridgehead atoms. The number of hydrogen-bond acceptors (Lipinski definition) is 7. The topological polar surface area (TPSA) is 111 Å². The fourth-order valence-corrected chi connectivity index (χ4v) is 7.13. The van der Waals surface area contributed by atoms with E-state index in [9.17, 15) is 23.9 Å². The largest absolute Gasteiger partial charge is 0.493 e. The molecule has 0 aliphatic carbocycles. The molecule has 1 fully saturated rings. The maximum absolute atomic E-state index is 14.5. The van der Waals surface area contributed by atoms with Crippen LogP contribution in [0.1, 0.15) is 63.0 Å². The van der Waals surface area contributed by atoms with Crippen molar-refractivity contribution in [3.63, 3.8) is 0 Å². The second-order valence-electron chi connectivity index (χ2n) is 12.4. The number of nitrogens with zero attached hydrogens (tertiary/aromatic N) is 3. The summed E-state index contributed by atoms with van der Waals surface area (Å²) in [5, 5.41) is 10.7. The minimum atomic E-state index is -0.993. The van der Waals surface area contributed by atoms with Crippen molar-refractivity contribution in [2.45, 2.75) is 77.4 Å². The number of aromatic nitrogens is 1. The van der Waals surface area contributed by atoms with E-state index in [1.54, 1.807) is 59.0 Å². The molecule has 1 amide bonds. The number of likely N-dealkylation sites (tertiary alicyclic amines) is 1. The molecule has 0 unspecified atom stereocenters. The number of carboxylic acid groups (broad SMARTS) is 1. The number of carbonyl (C=O) groups excluding carboxylic acids is 1. The number of halogens is 1. The van der Waals surface area contributed by atoms with Gasteiger partial charge in [-0.15, -0.1) is 0 Å². The number of aliphatic carboxylic acids is 1.